The van der Waals surface area contributed by atoms with Crippen LogP contribution < -0.4 is 5.32 Å². The van der Waals surface area contributed by atoms with Crippen LogP contribution in [0.3, 0.4) is 0 Å². The third-order valence-electron chi connectivity index (χ3n) is 4.05. The van der Waals surface area contributed by atoms with Crippen LogP contribution in [0.1, 0.15) is 65.7 Å². The number of nitrogens with one attached hydrogen (secondary N) is 1. The van der Waals surface area contributed by atoms with Crippen molar-refractivity contribution in [2.75, 3.05) is 0 Å². The Morgan fingerprint density at radius 1 is 1.38 bits per heavy atom. The molecule has 1 aliphatic carbocycles. The molecule has 16 heavy (non-hydrogen) atoms. The van der Waals surface area contributed by atoms with E-state index in [9.17, 15) is 5.26 Å². The van der Waals surface area contributed by atoms with E-state index in [2.05, 4.69) is 32.2 Å². The zero-order chi connectivity index (χ0) is 12.0. The van der Waals surface area contributed by atoms with Gasteiger partial charge in [0.25, 0.3) is 0 Å². The van der Waals surface area contributed by atoms with Crippen LogP contribution in [0, 0.1) is 17.2 Å². The van der Waals surface area contributed by atoms with Crippen molar-refractivity contribution in [3.8, 4) is 6.07 Å². The number of nitrogens with zero attached hydrogens (tertiary/aromatic N) is 1. The Labute approximate surface area is 100 Å². The van der Waals surface area contributed by atoms with Gasteiger partial charge in [0.15, 0.2) is 0 Å². The number of nitriles is 1. The van der Waals surface area contributed by atoms with Gasteiger partial charge in [-0.3, -0.25) is 5.32 Å². The zero-order valence-corrected chi connectivity index (χ0v) is 11.1. The van der Waals surface area contributed by atoms with Crippen molar-refractivity contribution >= 4 is 0 Å². The van der Waals surface area contributed by atoms with Gasteiger partial charge in [0.1, 0.15) is 5.54 Å². The van der Waals surface area contributed by atoms with Crippen molar-refractivity contribution in [1.82, 2.24) is 5.32 Å². The lowest BCUT2D eigenvalue weighted by atomic mass is 9.85. The SMILES string of the molecule is CCC(C)CC(C#N)(CC)NC1CCCC1. The Kier molecular flexibility index (Phi) is 5.28. The molecule has 0 radical (unpaired) electrons. The van der Waals surface area contributed by atoms with Gasteiger partial charge in [-0.25, -0.2) is 0 Å². The monoisotopic (exact) mass is 222 g/mol. The predicted octanol–water partition coefficient (Wildman–Crippen LogP) is 3.63. The fourth-order valence-electron chi connectivity index (χ4n) is 2.66. The van der Waals surface area contributed by atoms with Crippen LogP contribution in [0.25, 0.3) is 0 Å². The molecule has 0 bridgehead atoms. The molecule has 2 atom stereocenters. The summed E-state index contributed by atoms with van der Waals surface area (Å²) in [4.78, 5) is 0. The van der Waals surface area contributed by atoms with E-state index in [4.69, 9.17) is 0 Å². The van der Waals surface area contributed by atoms with Gasteiger partial charge < -0.3 is 0 Å². The molecule has 0 spiro atoms. The van der Waals surface area contributed by atoms with Gasteiger partial charge in [0.05, 0.1) is 6.07 Å². The topological polar surface area (TPSA) is 35.8 Å². The highest BCUT2D eigenvalue weighted by molar-refractivity contribution is 5.08. The Hall–Kier alpha value is -0.550. The van der Waals surface area contributed by atoms with Crippen molar-refractivity contribution in [2.45, 2.75) is 77.3 Å². The fourth-order valence-corrected chi connectivity index (χ4v) is 2.66. The third kappa shape index (κ3) is 3.49. The van der Waals surface area contributed by atoms with Gasteiger partial charge in [-0.05, 0) is 31.6 Å². The van der Waals surface area contributed by atoms with E-state index in [0.717, 1.165) is 19.3 Å². The minimum Gasteiger partial charge on any atom is -0.297 e. The second-order valence-corrected chi connectivity index (χ2v) is 5.39. The van der Waals surface area contributed by atoms with E-state index < -0.39 is 0 Å². The molecule has 1 rings (SSSR count). The molecule has 1 N–H and O–H groups in total. The normalized spacial score (nSPS) is 22.6. The lowest BCUT2D eigenvalue weighted by Crippen LogP contribution is -2.49. The molecule has 0 heterocycles. The van der Waals surface area contributed by atoms with Crippen LogP contribution in [-0.4, -0.2) is 11.6 Å². The van der Waals surface area contributed by atoms with Crippen molar-refractivity contribution in [3.63, 3.8) is 0 Å². The minimum absolute atomic E-state index is 0.273. The Bertz CT molecular complexity index is 238. The summed E-state index contributed by atoms with van der Waals surface area (Å²) >= 11 is 0. The van der Waals surface area contributed by atoms with E-state index in [1.165, 1.54) is 25.7 Å². The third-order valence-corrected chi connectivity index (χ3v) is 4.05. The summed E-state index contributed by atoms with van der Waals surface area (Å²) in [7, 11) is 0. The summed E-state index contributed by atoms with van der Waals surface area (Å²) < 4.78 is 0. The average molecular weight is 222 g/mol. The number of rotatable bonds is 6. The van der Waals surface area contributed by atoms with Gasteiger partial charge in [-0.2, -0.15) is 5.26 Å². The molecule has 2 unspecified atom stereocenters. The van der Waals surface area contributed by atoms with E-state index in [1.807, 2.05) is 0 Å². The molecule has 0 aromatic heterocycles. The maximum atomic E-state index is 9.47. The molecule has 0 aliphatic heterocycles. The zero-order valence-electron chi connectivity index (χ0n) is 11.1. The number of hydrogen-bond acceptors (Lipinski definition) is 2. The van der Waals surface area contributed by atoms with Gasteiger partial charge in [0.2, 0.25) is 0 Å². The van der Waals surface area contributed by atoms with Gasteiger partial charge in [-0.15, -0.1) is 0 Å². The second kappa shape index (κ2) is 6.25. The molecule has 0 amide bonds. The van der Waals surface area contributed by atoms with Crippen LogP contribution in [0.15, 0.2) is 0 Å². The molecule has 92 valence electrons. The largest absolute Gasteiger partial charge is 0.297 e. The highest BCUT2D eigenvalue weighted by Gasteiger charge is 2.32. The number of hydrogen-bond donors (Lipinski definition) is 1. The van der Waals surface area contributed by atoms with Gasteiger partial charge in [0, 0.05) is 6.04 Å². The van der Waals surface area contributed by atoms with Crippen molar-refractivity contribution in [3.05, 3.63) is 0 Å². The Balaban J connectivity index is 2.59. The second-order valence-electron chi connectivity index (χ2n) is 5.39. The first-order valence-corrected chi connectivity index (χ1v) is 6.84. The molecule has 2 heteroatoms. The molecular formula is C14H26N2. The summed E-state index contributed by atoms with van der Waals surface area (Å²) in [6, 6.07) is 3.13. The van der Waals surface area contributed by atoms with Crippen molar-refractivity contribution in [2.24, 2.45) is 5.92 Å². The van der Waals surface area contributed by atoms with Crippen LogP contribution in [0.2, 0.25) is 0 Å². The maximum Gasteiger partial charge on any atom is 0.106 e. The first kappa shape index (κ1) is 13.5. The standard InChI is InChI=1S/C14H26N2/c1-4-12(3)10-14(5-2,11-15)16-13-8-6-7-9-13/h12-13,16H,4-10H2,1-3H3. The smallest absolute Gasteiger partial charge is 0.106 e. The van der Waals surface area contributed by atoms with E-state index in [-0.39, 0.29) is 5.54 Å². The highest BCUT2D eigenvalue weighted by Crippen LogP contribution is 2.27. The molecule has 1 fully saturated rings. The predicted molar refractivity (Wildman–Crippen MR) is 68.1 cm³/mol. The van der Waals surface area contributed by atoms with Gasteiger partial charge >= 0.3 is 0 Å². The van der Waals surface area contributed by atoms with Crippen LogP contribution in [0.4, 0.5) is 0 Å². The average Bonchev–Trinajstić information content (AvgIpc) is 2.80. The van der Waals surface area contributed by atoms with Crippen LogP contribution >= 0.6 is 0 Å². The summed E-state index contributed by atoms with van der Waals surface area (Å²) in [5.74, 6) is 0.633. The lowest BCUT2D eigenvalue weighted by molar-refractivity contribution is 0.282. The molecule has 0 aromatic carbocycles. The lowest BCUT2D eigenvalue weighted by Gasteiger charge is -2.32. The fraction of sp³-hybridized carbons (Fsp3) is 0.929. The van der Waals surface area contributed by atoms with E-state index in [0.29, 0.717) is 12.0 Å². The van der Waals surface area contributed by atoms with Crippen molar-refractivity contribution in [1.29, 1.82) is 5.26 Å². The van der Waals surface area contributed by atoms with Crippen LogP contribution in [-0.2, 0) is 0 Å². The molecule has 1 saturated carbocycles. The summed E-state index contributed by atoms with van der Waals surface area (Å²) in [5, 5.41) is 13.1. The van der Waals surface area contributed by atoms with E-state index >= 15 is 0 Å². The maximum absolute atomic E-state index is 9.47. The molecule has 2 nitrogen and oxygen atoms in total. The first-order valence-electron chi connectivity index (χ1n) is 6.84. The molecule has 0 aromatic rings. The quantitative estimate of drug-likeness (QED) is 0.745. The Morgan fingerprint density at radius 2 is 2.00 bits per heavy atom. The minimum atomic E-state index is -0.273. The first-order chi connectivity index (χ1) is 7.65. The van der Waals surface area contributed by atoms with Gasteiger partial charge in [-0.1, -0.05) is 40.0 Å². The summed E-state index contributed by atoms with van der Waals surface area (Å²) in [6.07, 6.45) is 8.24. The molecule has 1 aliphatic rings. The van der Waals surface area contributed by atoms with E-state index in [1.54, 1.807) is 0 Å². The summed E-state index contributed by atoms with van der Waals surface area (Å²) in [6.45, 7) is 6.59. The molecular weight excluding hydrogens is 196 g/mol. The summed E-state index contributed by atoms with van der Waals surface area (Å²) in [5.41, 5.74) is -0.273. The van der Waals surface area contributed by atoms with Crippen LogP contribution in [0.5, 0.6) is 0 Å². The Morgan fingerprint density at radius 3 is 2.44 bits per heavy atom. The molecule has 0 saturated heterocycles. The van der Waals surface area contributed by atoms with Crippen molar-refractivity contribution < 1.29 is 0 Å². The highest BCUT2D eigenvalue weighted by atomic mass is 15.0.